The van der Waals surface area contributed by atoms with Gasteiger partial charge >= 0.3 is 5.97 Å². The largest absolute Gasteiger partial charge is 0.462 e. The van der Waals surface area contributed by atoms with Crippen LogP contribution in [0.25, 0.3) is 0 Å². The van der Waals surface area contributed by atoms with Crippen molar-refractivity contribution in [2.75, 3.05) is 6.61 Å². The van der Waals surface area contributed by atoms with Crippen LogP contribution in [0.2, 0.25) is 0 Å². The van der Waals surface area contributed by atoms with Gasteiger partial charge in [-0.2, -0.15) is 0 Å². The molecule has 0 bridgehead atoms. The minimum atomic E-state index is -0.517. The fourth-order valence-electron chi connectivity index (χ4n) is 0.770. The number of aliphatic hydroxyl groups is 1. The first-order valence-corrected chi connectivity index (χ1v) is 4.38. The van der Waals surface area contributed by atoms with Crippen LogP contribution < -0.4 is 0 Å². The Morgan fingerprint density at radius 3 is 2.62 bits per heavy atom. The second kappa shape index (κ2) is 6.66. The minimum absolute atomic E-state index is 0.352. The van der Waals surface area contributed by atoms with Crippen LogP contribution in [-0.2, 0) is 9.53 Å². The van der Waals surface area contributed by atoms with Crippen molar-refractivity contribution in [2.45, 2.75) is 32.3 Å². The SMILES string of the molecule is [CH2]C(O)CCCCOC(=O)C(=C)C. The summed E-state index contributed by atoms with van der Waals surface area (Å²) in [6.45, 7) is 8.89. The highest BCUT2D eigenvalue weighted by atomic mass is 16.5. The predicted molar refractivity (Wildman–Crippen MR) is 51.0 cm³/mol. The third-order valence-electron chi connectivity index (χ3n) is 1.51. The summed E-state index contributed by atoms with van der Waals surface area (Å²) in [5, 5.41) is 8.82. The number of carbonyl (C=O) groups excluding carboxylic acids is 1. The average molecular weight is 185 g/mol. The van der Waals surface area contributed by atoms with E-state index in [-0.39, 0.29) is 5.97 Å². The first-order chi connectivity index (χ1) is 6.04. The smallest absolute Gasteiger partial charge is 0.333 e. The van der Waals surface area contributed by atoms with Crippen LogP contribution in [0, 0.1) is 6.92 Å². The zero-order chi connectivity index (χ0) is 10.3. The van der Waals surface area contributed by atoms with E-state index in [0.29, 0.717) is 18.6 Å². The van der Waals surface area contributed by atoms with E-state index in [2.05, 4.69) is 13.5 Å². The summed E-state index contributed by atoms with van der Waals surface area (Å²) in [5.41, 5.74) is 0.414. The third-order valence-corrected chi connectivity index (χ3v) is 1.51. The first-order valence-electron chi connectivity index (χ1n) is 4.38. The molecule has 0 aromatic rings. The Labute approximate surface area is 79.4 Å². The van der Waals surface area contributed by atoms with Gasteiger partial charge in [0, 0.05) is 5.57 Å². The van der Waals surface area contributed by atoms with Crippen molar-refractivity contribution in [3.63, 3.8) is 0 Å². The molecule has 0 aliphatic rings. The van der Waals surface area contributed by atoms with Gasteiger partial charge in [0.05, 0.1) is 12.7 Å². The molecule has 75 valence electrons. The van der Waals surface area contributed by atoms with Crippen LogP contribution in [-0.4, -0.2) is 23.8 Å². The lowest BCUT2D eigenvalue weighted by atomic mass is 10.2. The molecule has 0 heterocycles. The normalized spacial score (nSPS) is 12.2. The van der Waals surface area contributed by atoms with Gasteiger partial charge in [0.15, 0.2) is 0 Å². The van der Waals surface area contributed by atoms with Crippen molar-refractivity contribution in [3.05, 3.63) is 19.1 Å². The summed E-state index contributed by atoms with van der Waals surface area (Å²) < 4.78 is 4.84. The van der Waals surface area contributed by atoms with E-state index in [1.54, 1.807) is 6.92 Å². The Hall–Kier alpha value is -0.830. The molecule has 0 saturated carbocycles. The fraction of sp³-hybridized carbons (Fsp3) is 0.600. The van der Waals surface area contributed by atoms with Crippen molar-refractivity contribution in [3.8, 4) is 0 Å². The molecule has 1 N–H and O–H groups in total. The molecule has 0 saturated heterocycles. The van der Waals surface area contributed by atoms with Crippen molar-refractivity contribution in [1.82, 2.24) is 0 Å². The number of unbranched alkanes of at least 4 members (excludes halogenated alkanes) is 1. The lowest BCUT2D eigenvalue weighted by Gasteiger charge is -2.05. The summed E-state index contributed by atoms with van der Waals surface area (Å²) in [7, 11) is 0. The summed E-state index contributed by atoms with van der Waals surface area (Å²) >= 11 is 0. The van der Waals surface area contributed by atoms with Gasteiger partial charge in [-0.25, -0.2) is 4.79 Å². The Morgan fingerprint density at radius 1 is 1.54 bits per heavy atom. The van der Waals surface area contributed by atoms with Crippen LogP contribution in [0.4, 0.5) is 0 Å². The fourth-order valence-corrected chi connectivity index (χ4v) is 0.770. The Bertz CT molecular complexity index is 173. The molecule has 1 atom stereocenters. The number of aliphatic hydroxyl groups excluding tert-OH is 1. The maximum Gasteiger partial charge on any atom is 0.333 e. The molecule has 3 heteroatoms. The highest BCUT2D eigenvalue weighted by Gasteiger charge is 2.02. The molecule has 0 aliphatic carbocycles. The molecule has 0 amide bonds. The van der Waals surface area contributed by atoms with Crippen molar-refractivity contribution in [2.24, 2.45) is 0 Å². The maximum atomic E-state index is 10.9. The quantitative estimate of drug-likeness (QED) is 0.387. The second-order valence-corrected chi connectivity index (χ2v) is 3.07. The lowest BCUT2D eigenvalue weighted by molar-refractivity contribution is -0.139. The third kappa shape index (κ3) is 7.53. The Morgan fingerprint density at radius 2 is 2.15 bits per heavy atom. The summed E-state index contributed by atoms with van der Waals surface area (Å²) in [6.07, 6.45) is 1.70. The molecule has 1 unspecified atom stereocenters. The molecular weight excluding hydrogens is 168 g/mol. The Kier molecular flexibility index (Phi) is 6.24. The molecule has 0 rings (SSSR count). The molecule has 1 radical (unpaired) electrons. The number of hydrogen-bond donors (Lipinski definition) is 1. The molecule has 0 fully saturated rings. The van der Waals surface area contributed by atoms with Crippen molar-refractivity contribution < 1.29 is 14.6 Å². The average Bonchev–Trinajstić information content (AvgIpc) is 2.02. The zero-order valence-corrected chi connectivity index (χ0v) is 8.08. The van der Waals surface area contributed by atoms with E-state index in [1.807, 2.05) is 0 Å². The zero-order valence-electron chi connectivity index (χ0n) is 8.08. The van der Waals surface area contributed by atoms with Gasteiger partial charge < -0.3 is 9.84 Å². The molecule has 0 spiro atoms. The van der Waals surface area contributed by atoms with E-state index < -0.39 is 6.10 Å². The number of rotatable bonds is 6. The maximum absolute atomic E-state index is 10.9. The summed E-state index contributed by atoms with van der Waals surface area (Å²) in [4.78, 5) is 10.9. The van der Waals surface area contributed by atoms with Crippen molar-refractivity contribution >= 4 is 5.97 Å². The highest BCUT2D eigenvalue weighted by Crippen LogP contribution is 2.01. The van der Waals surface area contributed by atoms with Crippen LogP contribution in [0.15, 0.2) is 12.2 Å². The summed E-state index contributed by atoms with van der Waals surface area (Å²) in [5.74, 6) is -0.352. The molecule has 0 aromatic carbocycles. The van der Waals surface area contributed by atoms with E-state index in [0.717, 1.165) is 12.8 Å². The molecule has 3 nitrogen and oxygen atoms in total. The lowest BCUT2D eigenvalue weighted by Crippen LogP contribution is -2.07. The van der Waals surface area contributed by atoms with Gasteiger partial charge in [-0.15, -0.1) is 0 Å². The summed E-state index contributed by atoms with van der Waals surface area (Å²) in [6, 6.07) is 0. The van der Waals surface area contributed by atoms with E-state index >= 15 is 0 Å². The number of esters is 1. The molecular formula is C10H17O3. The number of ether oxygens (including phenoxy) is 1. The van der Waals surface area contributed by atoms with E-state index in [4.69, 9.17) is 9.84 Å². The highest BCUT2D eigenvalue weighted by molar-refractivity contribution is 5.86. The molecule has 0 aromatic heterocycles. The topological polar surface area (TPSA) is 46.5 Å². The van der Waals surface area contributed by atoms with Gasteiger partial charge in [0.1, 0.15) is 0 Å². The van der Waals surface area contributed by atoms with Crippen LogP contribution >= 0.6 is 0 Å². The van der Waals surface area contributed by atoms with Crippen LogP contribution in [0.1, 0.15) is 26.2 Å². The van der Waals surface area contributed by atoms with Gasteiger partial charge in [0.2, 0.25) is 0 Å². The Balaban J connectivity index is 3.26. The standard InChI is InChI=1S/C10H17O3/c1-8(2)10(12)13-7-5-4-6-9(3)11/h9,11H,1,3-7H2,2H3. The molecule has 13 heavy (non-hydrogen) atoms. The predicted octanol–water partition coefficient (Wildman–Crippen LogP) is 1.47. The van der Waals surface area contributed by atoms with Crippen LogP contribution in [0.5, 0.6) is 0 Å². The molecule has 0 aliphatic heterocycles. The van der Waals surface area contributed by atoms with Crippen LogP contribution in [0.3, 0.4) is 0 Å². The number of hydrogen-bond acceptors (Lipinski definition) is 3. The van der Waals surface area contributed by atoms with Crippen molar-refractivity contribution in [1.29, 1.82) is 0 Å². The van der Waals surface area contributed by atoms with Gasteiger partial charge in [-0.3, -0.25) is 0 Å². The van der Waals surface area contributed by atoms with E-state index in [1.165, 1.54) is 0 Å². The number of carbonyl (C=O) groups is 1. The first kappa shape index (κ1) is 12.2. The van der Waals surface area contributed by atoms with E-state index in [9.17, 15) is 4.79 Å². The minimum Gasteiger partial charge on any atom is -0.462 e. The van der Waals surface area contributed by atoms with Gasteiger partial charge in [-0.1, -0.05) is 6.58 Å². The monoisotopic (exact) mass is 185 g/mol. The van der Waals surface area contributed by atoms with Gasteiger partial charge in [-0.05, 0) is 33.1 Å². The second-order valence-electron chi connectivity index (χ2n) is 3.07. The van der Waals surface area contributed by atoms with Gasteiger partial charge in [0.25, 0.3) is 0 Å².